The third kappa shape index (κ3) is 2.77. The molecule has 2 saturated heterocycles. The van der Waals surface area contributed by atoms with Crippen molar-refractivity contribution in [3.05, 3.63) is 11.6 Å². The fraction of sp³-hybridized carbons (Fsp3) is 0.812. The number of hydrogen-bond acceptors (Lipinski definition) is 3. The van der Waals surface area contributed by atoms with E-state index in [4.69, 9.17) is 9.47 Å². The zero-order chi connectivity index (χ0) is 13.5. The largest absolute Gasteiger partial charge is 0.378 e. The molecule has 0 N–H and O–H groups in total. The number of hydrogen-bond donors (Lipinski definition) is 0. The van der Waals surface area contributed by atoms with Crippen molar-refractivity contribution in [2.24, 2.45) is 11.3 Å². The van der Waals surface area contributed by atoms with E-state index in [-0.39, 0.29) is 11.0 Å². The van der Waals surface area contributed by atoms with Gasteiger partial charge in [-0.05, 0) is 36.7 Å². The molecule has 2 atom stereocenters. The van der Waals surface area contributed by atoms with Crippen molar-refractivity contribution in [1.82, 2.24) is 0 Å². The highest BCUT2D eigenvalue weighted by Crippen LogP contribution is 2.44. The molecule has 0 bridgehead atoms. The molecule has 1 spiro atoms. The van der Waals surface area contributed by atoms with Crippen LogP contribution in [0.4, 0.5) is 0 Å². The molecule has 2 aliphatic heterocycles. The summed E-state index contributed by atoms with van der Waals surface area (Å²) in [6.45, 7) is 6.75. The summed E-state index contributed by atoms with van der Waals surface area (Å²) in [6.07, 6.45) is 6.76. The van der Waals surface area contributed by atoms with Crippen LogP contribution in [-0.2, 0) is 14.3 Å². The molecule has 0 radical (unpaired) electrons. The van der Waals surface area contributed by atoms with Gasteiger partial charge >= 0.3 is 0 Å². The molecular weight excluding hydrogens is 240 g/mol. The van der Waals surface area contributed by atoms with E-state index < -0.39 is 0 Å². The van der Waals surface area contributed by atoms with Crippen LogP contribution >= 0.6 is 0 Å². The van der Waals surface area contributed by atoms with Crippen LogP contribution in [0.15, 0.2) is 11.6 Å². The maximum atomic E-state index is 11.9. The van der Waals surface area contributed by atoms with Crippen LogP contribution in [0.1, 0.15) is 46.0 Å². The summed E-state index contributed by atoms with van der Waals surface area (Å²) < 4.78 is 11.5. The lowest BCUT2D eigenvalue weighted by atomic mass is 9.70. The Kier molecular flexibility index (Phi) is 3.30. The van der Waals surface area contributed by atoms with Gasteiger partial charge in [0, 0.05) is 26.1 Å². The second-order valence-electron chi connectivity index (χ2n) is 7.23. The van der Waals surface area contributed by atoms with E-state index in [0.717, 1.165) is 45.5 Å². The summed E-state index contributed by atoms with van der Waals surface area (Å²) in [4.78, 5) is 11.9. The van der Waals surface area contributed by atoms with Gasteiger partial charge in [-0.25, -0.2) is 0 Å². The molecule has 2 fully saturated rings. The first-order chi connectivity index (χ1) is 8.98. The van der Waals surface area contributed by atoms with Crippen molar-refractivity contribution < 1.29 is 14.3 Å². The molecule has 3 nitrogen and oxygen atoms in total. The molecule has 2 heterocycles. The van der Waals surface area contributed by atoms with E-state index in [2.05, 4.69) is 13.8 Å². The highest BCUT2D eigenvalue weighted by atomic mass is 16.6. The maximum absolute atomic E-state index is 11.9. The van der Waals surface area contributed by atoms with Crippen LogP contribution in [0.5, 0.6) is 0 Å². The van der Waals surface area contributed by atoms with E-state index in [9.17, 15) is 4.79 Å². The molecule has 19 heavy (non-hydrogen) atoms. The number of carbonyl (C=O) groups excluding carboxylic acids is 1. The fourth-order valence-corrected chi connectivity index (χ4v) is 3.87. The average Bonchev–Trinajstić information content (AvgIpc) is 2.75. The van der Waals surface area contributed by atoms with Crippen LogP contribution < -0.4 is 0 Å². The first kappa shape index (κ1) is 13.3. The van der Waals surface area contributed by atoms with Gasteiger partial charge in [0.2, 0.25) is 0 Å². The Labute approximate surface area is 115 Å². The summed E-state index contributed by atoms with van der Waals surface area (Å²) in [6, 6.07) is 0. The summed E-state index contributed by atoms with van der Waals surface area (Å²) in [7, 11) is 0. The molecule has 3 rings (SSSR count). The quantitative estimate of drug-likeness (QED) is 0.730. The monoisotopic (exact) mass is 264 g/mol. The van der Waals surface area contributed by atoms with E-state index in [1.165, 1.54) is 5.57 Å². The minimum Gasteiger partial charge on any atom is -0.378 e. The van der Waals surface area contributed by atoms with E-state index in [0.29, 0.717) is 18.1 Å². The van der Waals surface area contributed by atoms with Gasteiger partial charge in [0.25, 0.3) is 0 Å². The van der Waals surface area contributed by atoms with Crippen LogP contribution in [0, 0.1) is 11.3 Å². The van der Waals surface area contributed by atoms with E-state index in [1.807, 2.05) is 6.08 Å². The van der Waals surface area contributed by atoms with Gasteiger partial charge in [-0.3, -0.25) is 4.79 Å². The molecule has 2 unspecified atom stereocenters. The van der Waals surface area contributed by atoms with Crippen molar-refractivity contribution in [2.75, 3.05) is 19.8 Å². The van der Waals surface area contributed by atoms with Crippen LogP contribution in [0.2, 0.25) is 0 Å². The standard InChI is InChI=1S/C16H24O3/c1-15(2)8-13(7-14(17)10-15)12-3-5-19-16(9-12)4-6-18-11-16/h7,12H,3-6,8-11H2,1-2H3. The number of allylic oxidation sites excluding steroid dienone is 2. The Morgan fingerprint density at radius 1 is 1.26 bits per heavy atom. The number of rotatable bonds is 1. The minimum atomic E-state index is -0.0611. The predicted octanol–water partition coefficient (Wildman–Crippen LogP) is 2.89. The Morgan fingerprint density at radius 2 is 2.11 bits per heavy atom. The summed E-state index contributed by atoms with van der Waals surface area (Å²) in [5.74, 6) is 0.813. The summed E-state index contributed by atoms with van der Waals surface area (Å²) >= 11 is 0. The van der Waals surface area contributed by atoms with Gasteiger partial charge in [-0.1, -0.05) is 19.4 Å². The first-order valence-corrected chi connectivity index (χ1v) is 7.43. The Morgan fingerprint density at radius 3 is 2.79 bits per heavy atom. The van der Waals surface area contributed by atoms with Crippen LogP contribution in [-0.4, -0.2) is 31.2 Å². The molecule has 1 aliphatic carbocycles. The van der Waals surface area contributed by atoms with Crippen molar-refractivity contribution in [2.45, 2.75) is 51.6 Å². The third-order valence-corrected chi connectivity index (χ3v) is 4.77. The number of carbonyl (C=O) groups is 1. The van der Waals surface area contributed by atoms with Crippen molar-refractivity contribution in [3.63, 3.8) is 0 Å². The lowest BCUT2D eigenvalue weighted by molar-refractivity contribution is -0.117. The predicted molar refractivity (Wildman–Crippen MR) is 72.9 cm³/mol. The molecular formula is C16H24O3. The van der Waals surface area contributed by atoms with Gasteiger partial charge in [0.1, 0.15) is 0 Å². The lowest BCUT2D eigenvalue weighted by Crippen LogP contribution is -2.41. The Balaban J connectivity index is 1.76. The number of ether oxygens (including phenoxy) is 2. The van der Waals surface area contributed by atoms with Crippen molar-refractivity contribution >= 4 is 5.78 Å². The molecule has 106 valence electrons. The van der Waals surface area contributed by atoms with Crippen LogP contribution in [0.3, 0.4) is 0 Å². The third-order valence-electron chi connectivity index (χ3n) is 4.77. The first-order valence-electron chi connectivity index (χ1n) is 7.43. The maximum Gasteiger partial charge on any atom is 0.156 e. The van der Waals surface area contributed by atoms with E-state index >= 15 is 0 Å². The van der Waals surface area contributed by atoms with E-state index in [1.54, 1.807) is 0 Å². The van der Waals surface area contributed by atoms with Crippen molar-refractivity contribution in [3.8, 4) is 0 Å². The lowest BCUT2D eigenvalue weighted by Gasteiger charge is -2.40. The topological polar surface area (TPSA) is 35.5 Å². The molecule has 0 aromatic rings. The Bertz CT molecular complexity index is 402. The van der Waals surface area contributed by atoms with Gasteiger partial charge in [0.05, 0.1) is 12.2 Å². The highest BCUT2D eigenvalue weighted by Gasteiger charge is 2.43. The molecule has 3 heteroatoms. The fourth-order valence-electron chi connectivity index (χ4n) is 3.87. The second-order valence-corrected chi connectivity index (χ2v) is 7.23. The average molecular weight is 264 g/mol. The number of ketones is 1. The normalized spacial score (nSPS) is 38.5. The van der Waals surface area contributed by atoms with Gasteiger partial charge in [0.15, 0.2) is 5.78 Å². The molecule has 0 saturated carbocycles. The van der Waals surface area contributed by atoms with Crippen LogP contribution in [0.25, 0.3) is 0 Å². The highest BCUT2D eigenvalue weighted by molar-refractivity contribution is 5.91. The molecule has 0 aromatic carbocycles. The second kappa shape index (κ2) is 4.71. The van der Waals surface area contributed by atoms with Crippen molar-refractivity contribution in [1.29, 1.82) is 0 Å². The summed E-state index contributed by atoms with van der Waals surface area (Å²) in [5, 5.41) is 0. The minimum absolute atomic E-state index is 0.0611. The van der Waals surface area contributed by atoms with Gasteiger partial charge in [-0.2, -0.15) is 0 Å². The van der Waals surface area contributed by atoms with Gasteiger partial charge in [-0.15, -0.1) is 0 Å². The Hall–Kier alpha value is -0.670. The molecule has 3 aliphatic rings. The zero-order valence-corrected chi connectivity index (χ0v) is 12.0. The van der Waals surface area contributed by atoms with Gasteiger partial charge < -0.3 is 9.47 Å². The summed E-state index contributed by atoms with van der Waals surface area (Å²) in [5.41, 5.74) is 1.42. The SMILES string of the molecule is CC1(C)CC(=O)C=C(C2CCOC3(CCOC3)C2)C1. The zero-order valence-electron chi connectivity index (χ0n) is 12.0. The molecule has 0 amide bonds. The molecule has 0 aromatic heterocycles. The smallest absolute Gasteiger partial charge is 0.156 e.